The smallest absolute Gasteiger partial charge is 0.170 e. The van der Waals surface area contributed by atoms with Crippen molar-refractivity contribution >= 4 is 5.82 Å². The van der Waals surface area contributed by atoms with Crippen LogP contribution in [0.3, 0.4) is 0 Å². The highest BCUT2D eigenvalue weighted by atomic mass is 15.5. The molecule has 74 valence electrons. The van der Waals surface area contributed by atoms with Crippen LogP contribution in [-0.2, 0) is 20.6 Å². The molecule has 0 radical (unpaired) electrons. The fourth-order valence-corrected chi connectivity index (χ4v) is 1.08. The van der Waals surface area contributed by atoms with E-state index in [2.05, 4.69) is 25.9 Å². The summed E-state index contributed by atoms with van der Waals surface area (Å²) in [7, 11) is 3.67. The first kappa shape index (κ1) is 8.67. The fraction of sp³-hybridized carbons (Fsp3) is 0.429. The Morgan fingerprint density at radius 1 is 1.43 bits per heavy atom. The van der Waals surface area contributed by atoms with Gasteiger partial charge in [-0.1, -0.05) is 0 Å². The Labute approximate surface area is 80.7 Å². The minimum absolute atomic E-state index is 0.570. The number of anilines is 1. The lowest BCUT2D eigenvalue weighted by atomic mass is 10.5. The molecule has 7 heteroatoms. The molecule has 2 aromatic heterocycles. The largest absolute Gasteiger partial charge is 0.361 e. The van der Waals surface area contributed by atoms with Gasteiger partial charge in [-0.25, -0.2) is 4.68 Å². The van der Waals surface area contributed by atoms with Crippen molar-refractivity contribution in [3.8, 4) is 0 Å². The molecule has 0 bridgehead atoms. The Balaban J connectivity index is 1.98. The maximum atomic E-state index is 4.17. The summed E-state index contributed by atoms with van der Waals surface area (Å²) in [5.41, 5.74) is 0. The Kier molecular flexibility index (Phi) is 2.13. The van der Waals surface area contributed by atoms with Gasteiger partial charge in [0.05, 0.1) is 6.54 Å². The number of tetrazole rings is 1. The van der Waals surface area contributed by atoms with Gasteiger partial charge in [0.25, 0.3) is 0 Å². The lowest BCUT2D eigenvalue weighted by Gasteiger charge is -1.99. The van der Waals surface area contributed by atoms with Gasteiger partial charge in [-0.15, -0.1) is 5.10 Å². The lowest BCUT2D eigenvalue weighted by molar-refractivity contribution is 0.682. The minimum Gasteiger partial charge on any atom is -0.361 e. The van der Waals surface area contributed by atoms with E-state index < -0.39 is 0 Å². The third kappa shape index (κ3) is 1.70. The van der Waals surface area contributed by atoms with Crippen molar-refractivity contribution in [3.05, 3.63) is 18.1 Å². The van der Waals surface area contributed by atoms with Gasteiger partial charge in [0.2, 0.25) is 0 Å². The number of aromatic nitrogens is 6. The van der Waals surface area contributed by atoms with Crippen LogP contribution in [0.25, 0.3) is 0 Å². The maximum absolute atomic E-state index is 4.17. The summed E-state index contributed by atoms with van der Waals surface area (Å²) in [6, 6.07) is 1.89. The number of nitrogens with one attached hydrogen (secondary N) is 1. The molecule has 0 amide bonds. The van der Waals surface area contributed by atoms with Crippen molar-refractivity contribution in [2.45, 2.75) is 6.54 Å². The summed E-state index contributed by atoms with van der Waals surface area (Å²) in [5, 5.41) is 18.4. The lowest BCUT2D eigenvalue weighted by Crippen LogP contribution is -2.07. The third-order valence-electron chi connectivity index (χ3n) is 1.85. The van der Waals surface area contributed by atoms with Crippen LogP contribution in [0.2, 0.25) is 0 Å². The van der Waals surface area contributed by atoms with Crippen LogP contribution < -0.4 is 5.32 Å². The van der Waals surface area contributed by atoms with Crippen molar-refractivity contribution in [2.75, 3.05) is 5.32 Å². The topological polar surface area (TPSA) is 73.5 Å². The van der Waals surface area contributed by atoms with Gasteiger partial charge >= 0.3 is 0 Å². The second-order valence-electron chi connectivity index (χ2n) is 2.95. The molecule has 1 N–H and O–H groups in total. The Morgan fingerprint density at radius 3 is 2.86 bits per heavy atom. The zero-order valence-electron chi connectivity index (χ0n) is 8.05. The first-order valence-electron chi connectivity index (χ1n) is 4.20. The van der Waals surface area contributed by atoms with E-state index in [0.717, 1.165) is 11.6 Å². The molecule has 0 saturated carbocycles. The molecule has 2 heterocycles. The van der Waals surface area contributed by atoms with Crippen molar-refractivity contribution in [2.24, 2.45) is 14.1 Å². The summed E-state index contributed by atoms with van der Waals surface area (Å²) in [5.74, 6) is 1.59. The van der Waals surface area contributed by atoms with Crippen molar-refractivity contribution < 1.29 is 0 Å². The van der Waals surface area contributed by atoms with Gasteiger partial charge in [-0.2, -0.15) is 5.10 Å². The quantitative estimate of drug-likeness (QED) is 0.715. The Morgan fingerprint density at radius 2 is 2.29 bits per heavy atom. The van der Waals surface area contributed by atoms with E-state index in [4.69, 9.17) is 0 Å². The molecule has 0 unspecified atom stereocenters. The third-order valence-corrected chi connectivity index (χ3v) is 1.85. The summed E-state index contributed by atoms with van der Waals surface area (Å²) in [4.78, 5) is 0. The molecule has 7 nitrogen and oxygen atoms in total. The summed E-state index contributed by atoms with van der Waals surface area (Å²) < 4.78 is 3.35. The number of hydrogen-bond donors (Lipinski definition) is 1. The van der Waals surface area contributed by atoms with Gasteiger partial charge in [0, 0.05) is 26.4 Å². The molecule has 0 fully saturated rings. The van der Waals surface area contributed by atoms with Gasteiger partial charge in [-0.05, 0) is 10.4 Å². The van der Waals surface area contributed by atoms with Crippen LogP contribution in [0, 0.1) is 0 Å². The van der Waals surface area contributed by atoms with Crippen molar-refractivity contribution in [3.63, 3.8) is 0 Å². The second kappa shape index (κ2) is 3.44. The van der Waals surface area contributed by atoms with E-state index >= 15 is 0 Å². The molecule has 0 aliphatic rings. The number of nitrogens with zero attached hydrogens (tertiary/aromatic N) is 6. The molecule has 0 aliphatic heterocycles. The average Bonchev–Trinajstić information content (AvgIpc) is 2.72. The van der Waals surface area contributed by atoms with Crippen LogP contribution >= 0.6 is 0 Å². The first-order valence-corrected chi connectivity index (χ1v) is 4.20. The first-order chi connectivity index (χ1) is 6.75. The molecule has 2 rings (SSSR count). The summed E-state index contributed by atoms with van der Waals surface area (Å²) >= 11 is 0. The van der Waals surface area contributed by atoms with Crippen LogP contribution in [0.1, 0.15) is 5.82 Å². The minimum atomic E-state index is 0.570. The SMILES string of the molecule is Cn1ccc(NCc2nnnn2C)n1. The standard InChI is InChI=1S/C7H11N7/c1-13-4-3-6(10-13)8-5-7-9-11-12-14(7)2/h3-4H,5H2,1-2H3,(H,8,10). The van der Waals surface area contributed by atoms with Crippen LogP contribution in [-0.4, -0.2) is 30.0 Å². The monoisotopic (exact) mass is 193 g/mol. The number of hydrogen-bond acceptors (Lipinski definition) is 5. The Bertz CT molecular complexity index is 415. The predicted molar refractivity (Wildman–Crippen MR) is 49.3 cm³/mol. The Hall–Kier alpha value is -1.92. The number of rotatable bonds is 3. The highest BCUT2D eigenvalue weighted by Gasteiger charge is 2.02. The molecule has 14 heavy (non-hydrogen) atoms. The molecule has 0 atom stereocenters. The van der Waals surface area contributed by atoms with Gasteiger partial charge in [-0.3, -0.25) is 4.68 Å². The highest BCUT2D eigenvalue weighted by Crippen LogP contribution is 2.02. The molecule has 0 aromatic carbocycles. The number of aryl methyl sites for hydroxylation is 2. The van der Waals surface area contributed by atoms with Crippen LogP contribution in [0.15, 0.2) is 12.3 Å². The molecule has 0 aliphatic carbocycles. The van der Waals surface area contributed by atoms with Gasteiger partial charge in [0.15, 0.2) is 5.82 Å². The molecule has 0 saturated heterocycles. The van der Waals surface area contributed by atoms with Gasteiger partial charge < -0.3 is 5.32 Å². The molecular weight excluding hydrogens is 182 g/mol. The molecule has 2 aromatic rings. The molecular formula is C7H11N7. The fourth-order valence-electron chi connectivity index (χ4n) is 1.08. The van der Waals surface area contributed by atoms with E-state index in [1.54, 1.807) is 16.4 Å². The summed E-state index contributed by atoms with van der Waals surface area (Å²) in [6.45, 7) is 0.570. The maximum Gasteiger partial charge on any atom is 0.170 e. The van der Waals surface area contributed by atoms with E-state index in [-0.39, 0.29) is 0 Å². The zero-order valence-corrected chi connectivity index (χ0v) is 8.05. The zero-order chi connectivity index (χ0) is 9.97. The second-order valence-corrected chi connectivity index (χ2v) is 2.95. The van der Waals surface area contributed by atoms with E-state index in [1.165, 1.54) is 0 Å². The van der Waals surface area contributed by atoms with Gasteiger partial charge in [0.1, 0.15) is 5.82 Å². The summed E-state index contributed by atoms with van der Waals surface area (Å²) in [6.07, 6.45) is 1.87. The average molecular weight is 193 g/mol. The van der Waals surface area contributed by atoms with Crippen molar-refractivity contribution in [1.82, 2.24) is 30.0 Å². The van der Waals surface area contributed by atoms with Crippen LogP contribution in [0.4, 0.5) is 5.82 Å². The normalized spacial score (nSPS) is 10.4. The van der Waals surface area contributed by atoms with Crippen molar-refractivity contribution in [1.29, 1.82) is 0 Å². The van der Waals surface area contributed by atoms with E-state index in [1.807, 2.05) is 19.3 Å². The van der Waals surface area contributed by atoms with E-state index in [0.29, 0.717) is 6.54 Å². The highest BCUT2D eigenvalue weighted by molar-refractivity contribution is 5.31. The van der Waals surface area contributed by atoms with Crippen LogP contribution in [0.5, 0.6) is 0 Å². The van der Waals surface area contributed by atoms with E-state index in [9.17, 15) is 0 Å². The predicted octanol–water partition coefficient (Wildman–Crippen LogP) is -0.444. The molecule has 0 spiro atoms.